The molecule has 1 heterocycles. The Morgan fingerprint density at radius 3 is 2.88 bits per heavy atom. The number of anilines is 1. The molecule has 0 aliphatic carbocycles. The lowest BCUT2D eigenvalue weighted by atomic mass is 10.2. The molecular weight excluding hydrogens is 220 g/mol. The lowest BCUT2D eigenvalue weighted by molar-refractivity contribution is 0.659. The van der Waals surface area contributed by atoms with Crippen molar-refractivity contribution >= 4 is 17.3 Å². The highest BCUT2D eigenvalue weighted by Crippen LogP contribution is 2.27. The smallest absolute Gasteiger partial charge is 0.0471 e. The zero-order valence-corrected chi connectivity index (χ0v) is 10.7. The number of rotatable bonds is 3. The van der Waals surface area contributed by atoms with Crippen molar-refractivity contribution in [1.82, 2.24) is 5.32 Å². The summed E-state index contributed by atoms with van der Waals surface area (Å²) >= 11 is 6.26. The molecule has 1 unspecified atom stereocenters. The van der Waals surface area contributed by atoms with Gasteiger partial charge < -0.3 is 10.2 Å². The molecule has 1 aromatic rings. The average Bonchev–Trinajstić information content (AvgIpc) is 2.68. The van der Waals surface area contributed by atoms with Crippen molar-refractivity contribution in [2.24, 2.45) is 5.92 Å². The van der Waals surface area contributed by atoms with E-state index in [1.54, 1.807) is 0 Å². The van der Waals surface area contributed by atoms with Gasteiger partial charge in [0.05, 0.1) is 0 Å². The van der Waals surface area contributed by atoms with Crippen LogP contribution in [-0.2, 0) is 6.54 Å². The average molecular weight is 239 g/mol. The van der Waals surface area contributed by atoms with Crippen LogP contribution >= 0.6 is 11.6 Å². The molecule has 0 radical (unpaired) electrons. The normalized spacial score (nSPS) is 20.4. The van der Waals surface area contributed by atoms with Gasteiger partial charge in [-0.2, -0.15) is 0 Å². The maximum Gasteiger partial charge on any atom is 0.0471 e. The molecule has 2 rings (SSSR count). The first kappa shape index (κ1) is 11.7. The van der Waals surface area contributed by atoms with Gasteiger partial charge in [0.15, 0.2) is 0 Å². The van der Waals surface area contributed by atoms with Gasteiger partial charge in [0.2, 0.25) is 0 Å². The zero-order valence-electron chi connectivity index (χ0n) is 9.96. The molecule has 2 nitrogen and oxygen atoms in total. The van der Waals surface area contributed by atoms with Crippen LogP contribution in [0.3, 0.4) is 0 Å². The number of benzene rings is 1. The summed E-state index contributed by atoms with van der Waals surface area (Å²) in [5, 5.41) is 3.99. The summed E-state index contributed by atoms with van der Waals surface area (Å²) in [4.78, 5) is 2.42. The summed E-state index contributed by atoms with van der Waals surface area (Å²) in [6.45, 7) is 5.44. The molecule has 1 saturated heterocycles. The number of halogens is 1. The summed E-state index contributed by atoms with van der Waals surface area (Å²) in [6.07, 6.45) is 1.29. The number of nitrogens with one attached hydrogen (secondary N) is 1. The Morgan fingerprint density at radius 2 is 2.31 bits per heavy atom. The Balaban J connectivity index is 2.14. The third kappa shape index (κ3) is 2.50. The van der Waals surface area contributed by atoms with Crippen LogP contribution in [0.2, 0.25) is 5.02 Å². The highest BCUT2D eigenvalue weighted by atomic mass is 35.5. The van der Waals surface area contributed by atoms with Crippen LogP contribution in [0.1, 0.15) is 18.9 Å². The van der Waals surface area contributed by atoms with Gasteiger partial charge in [-0.25, -0.2) is 0 Å². The molecule has 1 atom stereocenters. The monoisotopic (exact) mass is 238 g/mol. The lowest BCUT2D eigenvalue weighted by Crippen LogP contribution is -2.19. The van der Waals surface area contributed by atoms with Crippen molar-refractivity contribution in [2.45, 2.75) is 19.9 Å². The minimum absolute atomic E-state index is 0.802. The summed E-state index contributed by atoms with van der Waals surface area (Å²) in [7, 11) is 1.94. The van der Waals surface area contributed by atoms with Crippen molar-refractivity contribution in [1.29, 1.82) is 0 Å². The van der Waals surface area contributed by atoms with Gasteiger partial charge in [-0.3, -0.25) is 0 Å². The van der Waals surface area contributed by atoms with Crippen molar-refractivity contribution in [3.63, 3.8) is 0 Å². The van der Waals surface area contributed by atoms with Crippen LogP contribution in [0.15, 0.2) is 18.2 Å². The second-order valence-electron chi connectivity index (χ2n) is 4.65. The number of hydrogen-bond donors (Lipinski definition) is 1. The molecule has 88 valence electrons. The van der Waals surface area contributed by atoms with Crippen molar-refractivity contribution in [3.05, 3.63) is 28.8 Å². The first-order valence-corrected chi connectivity index (χ1v) is 6.26. The first-order chi connectivity index (χ1) is 7.70. The van der Waals surface area contributed by atoms with Gasteiger partial charge >= 0.3 is 0 Å². The maximum atomic E-state index is 6.26. The van der Waals surface area contributed by atoms with Crippen LogP contribution in [0.4, 0.5) is 5.69 Å². The van der Waals surface area contributed by atoms with Gasteiger partial charge in [-0.15, -0.1) is 0 Å². The summed E-state index contributed by atoms with van der Waals surface area (Å²) in [5.74, 6) is 0.802. The second-order valence-corrected chi connectivity index (χ2v) is 5.05. The predicted molar refractivity (Wildman–Crippen MR) is 70.2 cm³/mol. The molecule has 0 saturated carbocycles. The van der Waals surface area contributed by atoms with E-state index in [1.165, 1.54) is 17.7 Å². The van der Waals surface area contributed by atoms with Gasteiger partial charge in [-0.1, -0.05) is 24.6 Å². The molecule has 0 amide bonds. The summed E-state index contributed by atoms with van der Waals surface area (Å²) in [5.41, 5.74) is 2.43. The fourth-order valence-corrected chi connectivity index (χ4v) is 2.48. The fourth-order valence-electron chi connectivity index (χ4n) is 2.24. The van der Waals surface area contributed by atoms with Crippen LogP contribution in [-0.4, -0.2) is 20.1 Å². The van der Waals surface area contributed by atoms with E-state index in [4.69, 9.17) is 11.6 Å². The van der Waals surface area contributed by atoms with Crippen LogP contribution < -0.4 is 10.2 Å². The van der Waals surface area contributed by atoms with Crippen molar-refractivity contribution < 1.29 is 0 Å². The topological polar surface area (TPSA) is 15.3 Å². The van der Waals surface area contributed by atoms with E-state index in [0.29, 0.717) is 0 Å². The summed E-state index contributed by atoms with van der Waals surface area (Å²) < 4.78 is 0. The van der Waals surface area contributed by atoms with Crippen molar-refractivity contribution in [2.75, 3.05) is 25.0 Å². The minimum atomic E-state index is 0.802. The lowest BCUT2D eigenvalue weighted by Gasteiger charge is -2.19. The molecule has 0 aromatic heterocycles. The van der Waals surface area contributed by atoms with E-state index < -0.39 is 0 Å². The molecule has 16 heavy (non-hydrogen) atoms. The van der Waals surface area contributed by atoms with Gasteiger partial charge in [0, 0.05) is 30.3 Å². The second kappa shape index (κ2) is 5.07. The highest BCUT2D eigenvalue weighted by molar-refractivity contribution is 6.31. The molecule has 3 heteroatoms. The van der Waals surface area contributed by atoms with E-state index >= 15 is 0 Å². The van der Waals surface area contributed by atoms with Crippen LogP contribution in [0.25, 0.3) is 0 Å². The third-order valence-corrected chi connectivity index (χ3v) is 3.54. The maximum absolute atomic E-state index is 6.26. The zero-order chi connectivity index (χ0) is 11.5. The summed E-state index contributed by atoms with van der Waals surface area (Å²) in [6, 6.07) is 6.39. The Labute approximate surface area is 103 Å². The molecule has 1 fully saturated rings. The molecular formula is C13H19ClN2. The Morgan fingerprint density at radius 1 is 1.50 bits per heavy atom. The van der Waals surface area contributed by atoms with Crippen LogP contribution in [0.5, 0.6) is 0 Å². The van der Waals surface area contributed by atoms with E-state index in [1.807, 2.05) is 7.05 Å². The minimum Gasteiger partial charge on any atom is -0.371 e. The van der Waals surface area contributed by atoms with E-state index in [9.17, 15) is 0 Å². The molecule has 0 bridgehead atoms. The van der Waals surface area contributed by atoms with Gasteiger partial charge in [0.1, 0.15) is 0 Å². The van der Waals surface area contributed by atoms with Crippen molar-refractivity contribution in [3.8, 4) is 0 Å². The first-order valence-electron chi connectivity index (χ1n) is 5.88. The SMILES string of the molecule is CNCc1ccc(N2CCC(C)C2)cc1Cl. The molecule has 1 aliphatic rings. The number of hydrogen-bond acceptors (Lipinski definition) is 2. The Kier molecular flexibility index (Phi) is 3.72. The Bertz CT molecular complexity index is 365. The molecule has 1 aliphatic heterocycles. The van der Waals surface area contributed by atoms with E-state index in [2.05, 4.69) is 35.3 Å². The molecule has 1 aromatic carbocycles. The van der Waals surface area contributed by atoms with Gasteiger partial charge in [-0.05, 0) is 37.1 Å². The largest absolute Gasteiger partial charge is 0.371 e. The van der Waals surface area contributed by atoms with E-state index in [-0.39, 0.29) is 0 Å². The highest BCUT2D eigenvalue weighted by Gasteiger charge is 2.19. The quantitative estimate of drug-likeness (QED) is 0.871. The molecule has 0 spiro atoms. The third-order valence-electron chi connectivity index (χ3n) is 3.19. The number of nitrogens with zero attached hydrogens (tertiary/aromatic N) is 1. The molecule has 1 N–H and O–H groups in total. The fraction of sp³-hybridized carbons (Fsp3) is 0.538. The standard InChI is InChI=1S/C13H19ClN2/c1-10-5-6-16(9-10)12-4-3-11(8-15-2)13(14)7-12/h3-4,7,10,15H,5-6,8-9H2,1-2H3. The predicted octanol–water partition coefficient (Wildman–Crippen LogP) is 2.91. The van der Waals surface area contributed by atoms with E-state index in [0.717, 1.165) is 30.6 Å². The Hall–Kier alpha value is -0.730. The van der Waals surface area contributed by atoms with Gasteiger partial charge in [0.25, 0.3) is 0 Å². The van der Waals surface area contributed by atoms with Crippen LogP contribution in [0, 0.1) is 5.92 Å².